The Kier molecular flexibility index (Phi) is 3.82. The molecular formula is C13H15BrFNO. The highest BCUT2D eigenvalue weighted by Gasteiger charge is 2.37. The van der Waals surface area contributed by atoms with Crippen LogP contribution in [-0.4, -0.2) is 11.9 Å². The molecule has 2 unspecified atom stereocenters. The van der Waals surface area contributed by atoms with Crippen molar-refractivity contribution in [1.82, 2.24) is 5.32 Å². The summed E-state index contributed by atoms with van der Waals surface area (Å²) in [5, 5.41) is 2.88. The second kappa shape index (κ2) is 5.17. The van der Waals surface area contributed by atoms with Gasteiger partial charge < -0.3 is 5.32 Å². The summed E-state index contributed by atoms with van der Waals surface area (Å²) in [6, 6.07) is 4.78. The number of nitrogens with one attached hydrogen (secondary N) is 1. The fourth-order valence-corrected chi connectivity index (χ4v) is 2.59. The van der Waals surface area contributed by atoms with Crippen LogP contribution in [0.4, 0.5) is 4.39 Å². The highest BCUT2D eigenvalue weighted by atomic mass is 79.9. The maximum atomic E-state index is 13.5. The molecule has 1 amide bonds. The summed E-state index contributed by atoms with van der Waals surface area (Å²) in [6.45, 7) is 2.13. The molecule has 4 heteroatoms. The SMILES string of the molecule is CCCC1CC1NC(=O)c1c(F)cccc1Br. The number of benzene rings is 1. The largest absolute Gasteiger partial charge is 0.349 e. The molecule has 92 valence electrons. The van der Waals surface area contributed by atoms with Gasteiger partial charge in [0.05, 0.1) is 5.56 Å². The maximum Gasteiger partial charge on any atom is 0.255 e. The number of rotatable bonds is 4. The van der Waals surface area contributed by atoms with E-state index in [1.54, 1.807) is 12.1 Å². The van der Waals surface area contributed by atoms with E-state index in [2.05, 4.69) is 28.2 Å². The molecule has 1 aromatic carbocycles. The van der Waals surface area contributed by atoms with Gasteiger partial charge in [0.2, 0.25) is 0 Å². The van der Waals surface area contributed by atoms with Crippen LogP contribution in [0.5, 0.6) is 0 Å². The molecule has 1 fully saturated rings. The van der Waals surface area contributed by atoms with E-state index in [0.29, 0.717) is 10.4 Å². The van der Waals surface area contributed by atoms with Gasteiger partial charge in [-0.1, -0.05) is 19.4 Å². The van der Waals surface area contributed by atoms with E-state index >= 15 is 0 Å². The zero-order chi connectivity index (χ0) is 12.4. The van der Waals surface area contributed by atoms with Crippen molar-refractivity contribution in [2.75, 3.05) is 0 Å². The van der Waals surface area contributed by atoms with Crippen LogP contribution < -0.4 is 5.32 Å². The summed E-state index contributed by atoms with van der Waals surface area (Å²) in [7, 11) is 0. The number of halogens is 2. The van der Waals surface area contributed by atoms with E-state index in [1.165, 1.54) is 6.07 Å². The summed E-state index contributed by atoms with van der Waals surface area (Å²) >= 11 is 3.20. The van der Waals surface area contributed by atoms with Crippen molar-refractivity contribution in [1.29, 1.82) is 0 Å². The van der Waals surface area contributed by atoms with E-state index in [4.69, 9.17) is 0 Å². The molecule has 17 heavy (non-hydrogen) atoms. The zero-order valence-corrected chi connectivity index (χ0v) is 11.3. The second-order valence-electron chi connectivity index (χ2n) is 4.46. The molecule has 0 heterocycles. The summed E-state index contributed by atoms with van der Waals surface area (Å²) < 4.78 is 14.0. The Balaban J connectivity index is 2.01. The molecule has 0 aromatic heterocycles. The van der Waals surface area contributed by atoms with Gasteiger partial charge in [0.1, 0.15) is 5.82 Å². The van der Waals surface area contributed by atoms with Gasteiger partial charge in [0, 0.05) is 10.5 Å². The fraction of sp³-hybridized carbons (Fsp3) is 0.462. The third-order valence-corrected chi connectivity index (χ3v) is 3.75. The monoisotopic (exact) mass is 299 g/mol. The van der Waals surface area contributed by atoms with E-state index < -0.39 is 5.82 Å². The molecular weight excluding hydrogens is 285 g/mol. The van der Waals surface area contributed by atoms with Gasteiger partial charge in [0.15, 0.2) is 0 Å². The van der Waals surface area contributed by atoms with Gasteiger partial charge in [-0.3, -0.25) is 4.79 Å². The average Bonchev–Trinajstić information content (AvgIpc) is 2.96. The summed E-state index contributed by atoms with van der Waals surface area (Å²) in [6.07, 6.45) is 3.27. The lowest BCUT2D eigenvalue weighted by Gasteiger charge is -2.07. The maximum absolute atomic E-state index is 13.5. The predicted molar refractivity (Wildman–Crippen MR) is 68.4 cm³/mol. The van der Waals surface area contributed by atoms with Gasteiger partial charge in [-0.15, -0.1) is 0 Å². The van der Waals surface area contributed by atoms with Gasteiger partial charge in [-0.25, -0.2) is 4.39 Å². The minimum Gasteiger partial charge on any atom is -0.349 e. The molecule has 1 N–H and O–H groups in total. The average molecular weight is 300 g/mol. The van der Waals surface area contributed by atoms with Gasteiger partial charge in [-0.2, -0.15) is 0 Å². The molecule has 0 radical (unpaired) electrons. The Bertz CT molecular complexity index is 415. The summed E-state index contributed by atoms with van der Waals surface area (Å²) in [5.41, 5.74) is 0.106. The van der Waals surface area contributed by atoms with Crippen molar-refractivity contribution in [3.63, 3.8) is 0 Å². The van der Waals surface area contributed by atoms with Crippen LogP contribution in [0.25, 0.3) is 0 Å². The van der Waals surface area contributed by atoms with Crippen LogP contribution in [0, 0.1) is 11.7 Å². The number of carbonyl (C=O) groups is 1. The van der Waals surface area contributed by atoms with Crippen LogP contribution in [-0.2, 0) is 0 Å². The Morgan fingerprint density at radius 1 is 1.59 bits per heavy atom. The first kappa shape index (κ1) is 12.6. The number of hydrogen-bond donors (Lipinski definition) is 1. The fourth-order valence-electron chi connectivity index (χ4n) is 2.07. The van der Waals surface area contributed by atoms with Gasteiger partial charge >= 0.3 is 0 Å². The summed E-state index contributed by atoms with van der Waals surface area (Å²) in [5.74, 6) is -0.224. The smallest absolute Gasteiger partial charge is 0.255 e. The Morgan fingerprint density at radius 2 is 2.35 bits per heavy atom. The minimum absolute atomic E-state index is 0.106. The Labute approximate surface area is 109 Å². The first-order valence-corrected chi connectivity index (χ1v) is 6.67. The second-order valence-corrected chi connectivity index (χ2v) is 5.32. The molecule has 1 aliphatic rings. The van der Waals surface area contributed by atoms with E-state index in [-0.39, 0.29) is 17.5 Å². The molecule has 0 bridgehead atoms. The van der Waals surface area contributed by atoms with Crippen LogP contribution in [0.15, 0.2) is 22.7 Å². The van der Waals surface area contributed by atoms with E-state index in [0.717, 1.165) is 19.3 Å². The molecule has 1 aromatic rings. The molecule has 0 saturated heterocycles. The molecule has 1 aliphatic carbocycles. The third-order valence-electron chi connectivity index (χ3n) is 3.09. The van der Waals surface area contributed by atoms with Crippen molar-refractivity contribution in [2.45, 2.75) is 32.2 Å². The highest BCUT2D eigenvalue weighted by Crippen LogP contribution is 2.35. The number of carbonyl (C=O) groups excluding carboxylic acids is 1. The van der Waals surface area contributed by atoms with E-state index in [9.17, 15) is 9.18 Å². The van der Waals surface area contributed by atoms with Crippen molar-refractivity contribution in [2.24, 2.45) is 5.92 Å². The third kappa shape index (κ3) is 2.86. The Morgan fingerprint density at radius 3 is 3.00 bits per heavy atom. The van der Waals surface area contributed by atoms with Crippen molar-refractivity contribution in [3.05, 3.63) is 34.1 Å². The molecule has 0 aliphatic heterocycles. The van der Waals surface area contributed by atoms with Crippen LogP contribution >= 0.6 is 15.9 Å². The minimum atomic E-state index is -0.482. The number of hydrogen-bond acceptors (Lipinski definition) is 1. The predicted octanol–water partition coefficient (Wildman–Crippen LogP) is 3.51. The van der Waals surface area contributed by atoms with Crippen molar-refractivity contribution in [3.8, 4) is 0 Å². The quantitative estimate of drug-likeness (QED) is 0.906. The molecule has 0 spiro atoms. The zero-order valence-electron chi connectivity index (χ0n) is 9.67. The lowest BCUT2D eigenvalue weighted by Crippen LogP contribution is -2.28. The van der Waals surface area contributed by atoms with Crippen molar-refractivity contribution >= 4 is 21.8 Å². The van der Waals surface area contributed by atoms with Crippen LogP contribution in [0.1, 0.15) is 36.5 Å². The van der Waals surface area contributed by atoms with Crippen LogP contribution in [0.2, 0.25) is 0 Å². The highest BCUT2D eigenvalue weighted by molar-refractivity contribution is 9.10. The normalized spacial score (nSPS) is 22.3. The van der Waals surface area contributed by atoms with Crippen molar-refractivity contribution < 1.29 is 9.18 Å². The standard InChI is InChI=1S/C13H15BrFNO/c1-2-4-8-7-11(8)16-13(17)12-9(14)5-3-6-10(12)15/h3,5-6,8,11H,2,4,7H2,1H3,(H,16,17). The molecule has 1 saturated carbocycles. The molecule has 2 atom stereocenters. The lowest BCUT2D eigenvalue weighted by molar-refractivity contribution is 0.0944. The molecule has 2 nitrogen and oxygen atoms in total. The number of amides is 1. The summed E-state index contributed by atoms with van der Waals surface area (Å²) in [4.78, 5) is 11.9. The topological polar surface area (TPSA) is 29.1 Å². The Hall–Kier alpha value is -0.900. The molecule has 2 rings (SSSR count). The first-order chi connectivity index (χ1) is 8.13. The van der Waals surface area contributed by atoms with Gasteiger partial charge in [-0.05, 0) is 46.8 Å². The van der Waals surface area contributed by atoms with Gasteiger partial charge in [0.25, 0.3) is 5.91 Å². The lowest BCUT2D eigenvalue weighted by atomic mass is 10.2. The van der Waals surface area contributed by atoms with E-state index in [1.807, 2.05) is 0 Å². The van der Waals surface area contributed by atoms with Crippen LogP contribution in [0.3, 0.4) is 0 Å². The first-order valence-electron chi connectivity index (χ1n) is 5.88.